The monoisotopic (exact) mass is 605 g/mol. The largest absolute Gasteiger partial charge is 0.305 e. The zero-order chi connectivity index (χ0) is 22.2. The van der Waals surface area contributed by atoms with Gasteiger partial charge in [0.1, 0.15) is 0 Å². The van der Waals surface area contributed by atoms with Crippen LogP contribution in [0.25, 0.3) is 33.6 Å². The molecule has 3 aromatic carbocycles. The Hall–Kier alpha value is -3.39. The van der Waals surface area contributed by atoms with Gasteiger partial charge in [0.05, 0.1) is 0 Å². The van der Waals surface area contributed by atoms with Gasteiger partial charge in [0, 0.05) is 32.5 Å². The van der Waals surface area contributed by atoms with Crippen LogP contribution in [0.15, 0.2) is 109 Å². The first-order valence-electron chi connectivity index (χ1n) is 10.6. The summed E-state index contributed by atoms with van der Waals surface area (Å²) < 4.78 is 0. The maximum Gasteiger partial charge on any atom is 0.0239 e. The first-order chi connectivity index (χ1) is 15.7. The third-order valence-corrected chi connectivity index (χ3v) is 4.94. The molecule has 3 heteroatoms. The molecule has 2 heterocycles. The summed E-state index contributed by atoms with van der Waals surface area (Å²) in [6, 6.07) is 38.9. The summed E-state index contributed by atoms with van der Waals surface area (Å²) in [5, 5.41) is 0. The average molecular weight is 605 g/mol. The molecule has 5 aromatic rings. The Morgan fingerprint density at radius 1 is 0.636 bits per heavy atom. The minimum Gasteiger partial charge on any atom is -0.305 e. The topological polar surface area (TPSA) is 25.8 Å². The van der Waals surface area contributed by atoms with E-state index in [1.54, 1.807) is 6.20 Å². The van der Waals surface area contributed by atoms with Crippen LogP contribution in [-0.2, 0) is 20.1 Å². The van der Waals surface area contributed by atoms with Crippen LogP contribution in [0.2, 0.25) is 0 Å². The molecule has 1 radical (unpaired) electrons. The fourth-order valence-corrected chi connectivity index (χ4v) is 3.46. The quantitative estimate of drug-likeness (QED) is 0.201. The van der Waals surface area contributed by atoms with E-state index < -0.39 is 0 Å². The Labute approximate surface area is 209 Å². The Morgan fingerprint density at radius 2 is 1.39 bits per heavy atom. The third-order valence-electron chi connectivity index (χ3n) is 4.94. The van der Waals surface area contributed by atoms with Crippen molar-refractivity contribution in [3.63, 3.8) is 0 Å². The van der Waals surface area contributed by atoms with E-state index in [2.05, 4.69) is 72.3 Å². The van der Waals surface area contributed by atoms with Crippen LogP contribution in [0.5, 0.6) is 0 Å². The van der Waals surface area contributed by atoms with Crippen LogP contribution >= 0.6 is 0 Å². The van der Waals surface area contributed by atoms with Crippen molar-refractivity contribution in [3.05, 3.63) is 133 Å². The second-order valence-corrected chi connectivity index (χ2v) is 7.54. The van der Waals surface area contributed by atoms with Gasteiger partial charge in [-0.1, -0.05) is 68.4 Å². The first kappa shape index (κ1) is 24.3. The van der Waals surface area contributed by atoms with E-state index in [0.29, 0.717) is 0 Å². The molecule has 0 saturated heterocycles. The van der Waals surface area contributed by atoms with Crippen molar-refractivity contribution in [2.24, 2.45) is 0 Å². The van der Waals surface area contributed by atoms with E-state index in [1.165, 1.54) is 11.1 Å². The van der Waals surface area contributed by atoms with Gasteiger partial charge in [0.15, 0.2) is 0 Å². The van der Waals surface area contributed by atoms with Gasteiger partial charge in [-0.3, -0.25) is 0 Å². The molecule has 5 rings (SSSR count). The summed E-state index contributed by atoms with van der Waals surface area (Å²) in [4.78, 5) is 8.79. The molecule has 0 aliphatic carbocycles. The minimum atomic E-state index is 0. The minimum absolute atomic E-state index is 0. The zero-order valence-electron chi connectivity index (χ0n) is 18.6. The molecule has 165 valence electrons. The standard InChI is InChI=1S/C19H16N.C11H8N.Ir/c1-14-10-15(2)12-18(11-14)19-9-8-17(13-20-19)16-6-4-3-5-7-16;1-2-6-10(7-3-1)11-8-4-5-9-12-11;/h3-11,13H,1-2H3;1-6,8-9H;/q2*-1;. The maximum absolute atomic E-state index is 4.58. The van der Waals surface area contributed by atoms with Crippen molar-refractivity contribution >= 4 is 0 Å². The molecule has 0 aliphatic heterocycles. The van der Waals surface area contributed by atoms with E-state index in [1.807, 2.05) is 66.9 Å². The van der Waals surface area contributed by atoms with Gasteiger partial charge in [-0.2, -0.15) is 0 Å². The molecule has 0 fully saturated rings. The van der Waals surface area contributed by atoms with E-state index in [-0.39, 0.29) is 20.1 Å². The summed E-state index contributed by atoms with van der Waals surface area (Å²) in [6.07, 6.45) is 3.71. The van der Waals surface area contributed by atoms with Crippen molar-refractivity contribution in [3.8, 4) is 33.6 Å². The Kier molecular flexibility index (Phi) is 8.83. The van der Waals surface area contributed by atoms with Gasteiger partial charge >= 0.3 is 0 Å². The predicted octanol–water partition coefficient (Wildman–Crippen LogP) is 7.38. The molecule has 0 spiro atoms. The van der Waals surface area contributed by atoms with Crippen LogP contribution in [0, 0.1) is 26.0 Å². The van der Waals surface area contributed by atoms with Gasteiger partial charge < -0.3 is 9.97 Å². The molecule has 0 saturated carbocycles. The number of nitrogens with zero attached hydrogens (tertiary/aromatic N) is 2. The molecule has 0 aliphatic rings. The number of pyridine rings is 2. The van der Waals surface area contributed by atoms with Gasteiger partial charge in [0.25, 0.3) is 0 Å². The third kappa shape index (κ3) is 6.79. The zero-order valence-corrected chi connectivity index (χ0v) is 21.0. The first-order valence-corrected chi connectivity index (χ1v) is 10.6. The van der Waals surface area contributed by atoms with Gasteiger partial charge in [-0.25, -0.2) is 0 Å². The van der Waals surface area contributed by atoms with E-state index in [4.69, 9.17) is 0 Å². The molecule has 0 bridgehead atoms. The molecule has 2 aromatic heterocycles. The van der Waals surface area contributed by atoms with Crippen LogP contribution in [0.1, 0.15) is 11.1 Å². The van der Waals surface area contributed by atoms with E-state index >= 15 is 0 Å². The normalized spacial score (nSPS) is 9.88. The molecular weight excluding hydrogens is 581 g/mol. The van der Waals surface area contributed by atoms with Crippen molar-refractivity contribution in [1.29, 1.82) is 0 Å². The molecule has 0 N–H and O–H groups in total. The number of aromatic nitrogens is 2. The van der Waals surface area contributed by atoms with Gasteiger partial charge in [0.2, 0.25) is 0 Å². The van der Waals surface area contributed by atoms with Crippen molar-refractivity contribution in [1.82, 2.24) is 9.97 Å². The van der Waals surface area contributed by atoms with Crippen LogP contribution in [0.3, 0.4) is 0 Å². The number of benzene rings is 3. The van der Waals surface area contributed by atoms with Crippen LogP contribution in [-0.4, -0.2) is 9.97 Å². The predicted molar refractivity (Wildman–Crippen MR) is 132 cm³/mol. The number of rotatable bonds is 3. The second kappa shape index (κ2) is 12.0. The molecule has 2 nitrogen and oxygen atoms in total. The van der Waals surface area contributed by atoms with E-state index in [0.717, 1.165) is 33.6 Å². The van der Waals surface area contributed by atoms with Gasteiger partial charge in [-0.15, -0.1) is 70.8 Å². The summed E-state index contributed by atoms with van der Waals surface area (Å²) >= 11 is 0. The van der Waals surface area contributed by atoms with Crippen LogP contribution in [0.4, 0.5) is 0 Å². The van der Waals surface area contributed by atoms with Crippen molar-refractivity contribution < 1.29 is 20.1 Å². The number of aryl methyl sites for hydroxylation is 2. The summed E-state index contributed by atoms with van der Waals surface area (Å²) in [5.74, 6) is 0. The summed E-state index contributed by atoms with van der Waals surface area (Å²) in [6.45, 7) is 4.16. The molecule has 0 amide bonds. The Morgan fingerprint density at radius 3 is 2.03 bits per heavy atom. The second-order valence-electron chi connectivity index (χ2n) is 7.54. The average Bonchev–Trinajstić information content (AvgIpc) is 2.86. The fraction of sp³-hybridized carbons (Fsp3) is 0.0667. The van der Waals surface area contributed by atoms with E-state index in [9.17, 15) is 0 Å². The SMILES string of the molecule is Cc1[c-]c(-c2ccc(-c3ccccc3)cn2)cc(C)c1.[Ir].[c-]1ccccc1-c1ccccn1. The maximum atomic E-state index is 4.58. The summed E-state index contributed by atoms with van der Waals surface area (Å²) in [5.41, 5.74) is 8.75. The van der Waals surface area contributed by atoms with Crippen molar-refractivity contribution in [2.75, 3.05) is 0 Å². The molecule has 0 unspecified atom stereocenters. The Bertz CT molecular complexity index is 1200. The van der Waals surface area contributed by atoms with Crippen LogP contribution < -0.4 is 0 Å². The number of hydrogen-bond donors (Lipinski definition) is 0. The Balaban J connectivity index is 0.000000202. The molecule has 33 heavy (non-hydrogen) atoms. The summed E-state index contributed by atoms with van der Waals surface area (Å²) in [7, 11) is 0. The molecular formula is C30H24IrN2-2. The van der Waals surface area contributed by atoms with Gasteiger partial charge in [-0.05, 0) is 28.6 Å². The number of hydrogen-bond acceptors (Lipinski definition) is 2. The van der Waals surface area contributed by atoms with Crippen molar-refractivity contribution in [2.45, 2.75) is 13.8 Å². The molecule has 0 atom stereocenters. The fourth-order valence-electron chi connectivity index (χ4n) is 3.46. The smallest absolute Gasteiger partial charge is 0.0239 e.